The Morgan fingerprint density at radius 3 is 2.60 bits per heavy atom. The molecule has 5 nitrogen and oxygen atoms in total. The minimum atomic E-state index is -4.21. The van der Waals surface area contributed by atoms with E-state index in [0.29, 0.717) is 12.8 Å². The van der Waals surface area contributed by atoms with Gasteiger partial charge in [-0.1, -0.05) is 0 Å². The molecule has 0 bridgehead atoms. The fraction of sp³-hybridized carbons (Fsp3) is 0.700. The summed E-state index contributed by atoms with van der Waals surface area (Å²) in [5.74, 6) is -0.0831. The molecule has 0 aliphatic heterocycles. The number of anilines is 2. The molecular weight excluding hydrogens is 315 g/mol. The molecule has 1 aromatic rings. The van der Waals surface area contributed by atoms with Crippen molar-refractivity contribution in [1.29, 1.82) is 0 Å². The van der Waals surface area contributed by atoms with Crippen molar-refractivity contribution in [2.75, 3.05) is 17.6 Å². The second-order valence-electron chi connectivity index (χ2n) is 4.62. The van der Waals surface area contributed by atoms with Crippen LogP contribution in [0.4, 0.5) is 24.0 Å². The van der Waals surface area contributed by atoms with Gasteiger partial charge in [0.05, 0.1) is 5.25 Å². The summed E-state index contributed by atoms with van der Waals surface area (Å²) in [4.78, 5) is -0.0583. The Bertz CT molecular complexity index is 579. The average molecular weight is 329 g/mol. The summed E-state index contributed by atoms with van der Waals surface area (Å²) >= 11 is 0.860. The smallest absolute Gasteiger partial charge is 0.382 e. The number of nitrogens with zero attached hydrogens (tertiary/aromatic N) is 1. The minimum absolute atomic E-state index is 0.0222. The lowest BCUT2D eigenvalue weighted by Crippen LogP contribution is -2.13. The molecule has 0 atom stereocenters. The quantitative estimate of drug-likeness (QED) is 0.783. The van der Waals surface area contributed by atoms with Crippen molar-refractivity contribution in [3.8, 4) is 0 Å². The number of halogens is 3. The number of rotatable bonds is 6. The molecular formula is C10H14F3N3O2S2. The Hall–Kier alpha value is -1.03. The summed E-state index contributed by atoms with van der Waals surface area (Å²) < 4.78 is 64.1. The first-order valence-corrected chi connectivity index (χ1v) is 8.33. The lowest BCUT2D eigenvalue weighted by molar-refractivity contribution is -0.134. The number of nitrogens with one attached hydrogen (secondary N) is 1. The van der Waals surface area contributed by atoms with Gasteiger partial charge in [-0.2, -0.15) is 17.5 Å². The lowest BCUT2D eigenvalue weighted by atomic mass is 10.3. The summed E-state index contributed by atoms with van der Waals surface area (Å²) in [6, 6.07) is 0. The van der Waals surface area contributed by atoms with Gasteiger partial charge >= 0.3 is 6.18 Å². The van der Waals surface area contributed by atoms with Gasteiger partial charge in [-0.3, -0.25) is 0 Å². The van der Waals surface area contributed by atoms with Gasteiger partial charge < -0.3 is 11.1 Å². The van der Waals surface area contributed by atoms with Crippen LogP contribution in [0.1, 0.15) is 25.7 Å². The molecule has 1 aromatic heterocycles. The number of alkyl halides is 3. The first-order chi connectivity index (χ1) is 9.22. The predicted molar refractivity (Wildman–Crippen MR) is 70.5 cm³/mol. The van der Waals surface area contributed by atoms with Crippen molar-refractivity contribution in [3.05, 3.63) is 0 Å². The monoisotopic (exact) mass is 329 g/mol. The molecule has 1 heterocycles. The highest BCUT2D eigenvalue weighted by molar-refractivity contribution is 7.92. The molecule has 0 aromatic carbocycles. The van der Waals surface area contributed by atoms with Crippen molar-refractivity contribution < 1.29 is 21.6 Å². The van der Waals surface area contributed by atoms with Crippen LogP contribution in [0.5, 0.6) is 0 Å². The van der Waals surface area contributed by atoms with Crippen LogP contribution in [0.15, 0.2) is 4.90 Å². The molecule has 0 amide bonds. The standard InChI is InChI=1S/C10H14F3N3O2S2/c11-10(12,13)4-1-5-15-9-7(8(14)16-19-9)20(17,18)6-2-3-6/h6,15H,1-5H2,(H2,14,16). The summed E-state index contributed by atoms with van der Waals surface area (Å²) in [5, 5.41) is 2.49. The van der Waals surface area contributed by atoms with E-state index < -0.39 is 27.7 Å². The normalized spacial score (nSPS) is 16.4. The summed E-state index contributed by atoms with van der Waals surface area (Å²) in [5.41, 5.74) is 5.57. The van der Waals surface area contributed by atoms with Gasteiger partial charge in [0.25, 0.3) is 0 Å². The van der Waals surface area contributed by atoms with Gasteiger partial charge in [0, 0.05) is 13.0 Å². The van der Waals surface area contributed by atoms with Crippen molar-refractivity contribution in [1.82, 2.24) is 4.37 Å². The first-order valence-electron chi connectivity index (χ1n) is 6.01. The Balaban J connectivity index is 2.03. The highest BCUT2D eigenvalue weighted by Gasteiger charge is 2.40. The Kier molecular flexibility index (Phi) is 4.14. The number of hydrogen-bond donors (Lipinski definition) is 2. The van der Waals surface area contributed by atoms with Gasteiger partial charge in [0.1, 0.15) is 9.90 Å². The fourth-order valence-electron chi connectivity index (χ4n) is 1.72. The fourth-order valence-corrected chi connectivity index (χ4v) is 4.63. The third kappa shape index (κ3) is 3.54. The maximum atomic E-state index is 12.2. The van der Waals surface area contributed by atoms with E-state index in [4.69, 9.17) is 5.73 Å². The summed E-state index contributed by atoms with van der Waals surface area (Å²) in [6.07, 6.45) is -4.09. The topological polar surface area (TPSA) is 85.1 Å². The molecule has 20 heavy (non-hydrogen) atoms. The number of hydrogen-bond acceptors (Lipinski definition) is 6. The van der Waals surface area contributed by atoms with Crippen LogP contribution < -0.4 is 11.1 Å². The molecule has 114 valence electrons. The molecule has 1 fully saturated rings. The number of nitrogens with two attached hydrogens (primary N) is 1. The van der Waals surface area contributed by atoms with Gasteiger partial charge in [-0.15, -0.1) is 0 Å². The van der Waals surface area contributed by atoms with E-state index >= 15 is 0 Å². The molecule has 1 saturated carbocycles. The first kappa shape index (κ1) is 15.4. The zero-order valence-corrected chi connectivity index (χ0v) is 12.0. The van der Waals surface area contributed by atoms with Gasteiger partial charge in [0.15, 0.2) is 15.7 Å². The third-order valence-electron chi connectivity index (χ3n) is 2.84. The second-order valence-corrected chi connectivity index (χ2v) is 7.55. The summed E-state index contributed by atoms with van der Waals surface area (Å²) in [7, 11) is -3.51. The number of sulfone groups is 1. The Morgan fingerprint density at radius 1 is 1.40 bits per heavy atom. The molecule has 0 radical (unpaired) electrons. The van der Waals surface area contributed by atoms with Gasteiger partial charge in [-0.05, 0) is 30.8 Å². The third-order valence-corrected chi connectivity index (χ3v) is 6.12. The van der Waals surface area contributed by atoms with E-state index in [1.807, 2.05) is 0 Å². The van der Waals surface area contributed by atoms with Crippen LogP contribution in [-0.4, -0.2) is 30.8 Å². The van der Waals surface area contributed by atoms with Crippen molar-refractivity contribution in [2.45, 2.75) is 42.0 Å². The lowest BCUT2D eigenvalue weighted by Gasteiger charge is -2.09. The van der Waals surface area contributed by atoms with E-state index in [2.05, 4.69) is 9.69 Å². The van der Waals surface area contributed by atoms with E-state index in [1.165, 1.54) is 0 Å². The molecule has 1 aliphatic rings. The van der Waals surface area contributed by atoms with Gasteiger partial charge in [-0.25, -0.2) is 8.42 Å². The zero-order valence-electron chi connectivity index (χ0n) is 10.4. The van der Waals surface area contributed by atoms with E-state index in [1.54, 1.807) is 0 Å². The predicted octanol–water partition coefficient (Wildman–Crippen LogP) is 2.42. The largest absolute Gasteiger partial charge is 0.389 e. The summed E-state index contributed by atoms with van der Waals surface area (Å²) in [6.45, 7) is 0.0222. The Labute approximate surface area is 118 Å². The SMILES string of the molecule is Nc1nsc(NCCCC(F)(F)F)c1S(=O)(=O)C1CC1. The highest BCUT2D eigenvalue weighted by Crippen LogP contribution is 2.41. The van der Waals surface area contributed by atoms with Crippen LogP contribution in [0, 0.1) is 0 Å². The maximum Gasteiger partial charge on any atom is 0.389 e. The molecule has 0 saturated heterocycles. The molecule has 0 unspecified atom stereocenters. The minimum Gasteiger partial charge on any atom is -0.382 e. The average Bonchev–Trinajstić information content (AvgIpc) is 3.09. The number of nitrogen functional groups attached to an aromatic ring is 1. The zero-order chi connectivity index (χ0) is 15.0. The van der Waals surface area contributed by atoms with Crippen LogP contribution >= 0.6 is 11.5 Å². The van der Waals surface area contributed by atoms with E-state index in [9.17, 15) is 21.6 Å². The van der Waals surface area contributed by atoms with Crippen LogP contribution in [0.3, 0.4) is 0 Å². The van der Waals surface area contributed by atoms with E-state index in [0.717, 1.165) is 11.5 Å². The van der Waals surface area contributed by atoms with Crippen LogP contribution in [-0.2, 0) is 9.84 Å². The van der Waals surface area contributed by atoms with E-state index in [-0.39, 0.29) is 28.7 Å². The second kappa shape index (κ2) is 5.40. The van der Waals surface area contributed by atoms with Crippen LogP contribution in [0.25, 0.3) is 0 Å². The van der Waals surface area contributed by atoms with Crippen molar-refractivity contribution >= 4 is 32.2 Å². The van der Waals surface area contributed by atoms with Crippen molar-refractivity contribution in [2.24, 2.45) is 0 Å². The molecule has 10 heteroatoms. The Morgan fingerprint density at radius 2 is 2.05 bits per heavy atom. The molecule has 0 spiro atoms. The van der Waals surface area contributed by atoms with Gasteiger partial charge in [0.2, 0.25) is 0 Å². The maximum absolute atomic E-state index is 12.2. The molecule has 3 N–H and O–H groups in total. The molecule has 2 rings (SSSR count). The number of aromatic nitrogens is 1. The van der Waals surface area contributed by atoms with Crippen molar-refractivity contribution in [3.63, 3.8) is 0 Å². The van der Waals surface area contributed by atoms with Crippen LogP contribution in [0.2, 0.25) is 0 Å². The highest BCUT2D eigenvalue weighted by atomic mass is 32.2. The molecule has 1 aliphatic carbocycles.